The number of phenolic OH excluding ortho intramolecular Hbond substituents is 1. The first-order valence-corrected chi connectivity index (χ1v) is 18.4. The Kier molecular flexibility index (Phi) is 9.49. The van der Waals surface area contributed by atoms with Crippen molar-refractivity contribution in [3.8, 4) is 5.75 Å². The van der Waals surface area contributed by atoms with E-state index in [2.05, 4.69) is 53.2 Å². The highest BCUT2D eigenvalue weighted by Crippen LogP contribution is 2.57. The van der Waals surface area contributed by atoms with Gasteiger partial charge in [-0.25, -0.2) is 4.98 Å². The quantitative estimate of drug-likeness (QED) is 0.343. The topological polar surface area (TPSA) is 65.6 Å². The van der Waals surface area contributed by atoms with E-state index in [1.807, 2.05) is 6.07 Å². The summed E-state index contributed by atoms with van der Waals surface area (Å²) in [5.74, 6) is 2.54. The van der Waals surface area contributed by atoms with Gasteiger partial charge < -0.3 is 15.7 Å². The van der Waals surface area contributed by atoms with Gasteiger partial charge in [0.1, 0.15) is 11.3 Å². The third-order valence-corrected chi connectivity index (χ3v) is 12.1. The number of fused-ring (bicyclic) bond motifs is 3. The first-order chi connectivity index (χ1) is 22.1. The molecular weight excluding hydrogens is 552 g/mol. The average Bonchev–Trinajstić information content (AvgIpc) is 3.04. The Labute approximate surface area is 271 Å². The largest absolute Gasteiger partial charge is 0.506 e. The van der Waals surface area contributed by atoms with Crippen LogP contribution in [0, 0.1) is 23.2 Å². The Hall–Kier alpha value is -2.47. The van der Waals surface area contributed by atoms with Crippen molar-refractivity contribution in [2.75, 3.05) is 39.3 Å². The summed E-state index contributed by atoms with van der Waals surface area (Å²) in [7, 11) is 0. The van der Waals surface area contributed by atoms with Crippen LogP contribution in [0.5, 0.6) is 5.75 Å². The van der Waals surface area contributed by atoms with Gasteiger partial charge in [-0.1, -0.05) is 61.4 Å². The summed E-state index contributed by atoms with van der Waals surface area (Å²) in [4.78, 5) is 11.0. The van der Waals surface area contributed by atoms with E-state index in [4.69, 9.17) is 10.7 Å². The number of phenols is 1. The molecule has 0 saturated carbocycles. The van der Waals surface area contributed by atoms with E-state index < -0.39 is 0 Å². The fraction of sp³-hybridized carbons (Fsp3) is 0.625. The number of hydrogen-bond donors (Lipinski definition) is 2. The standard InChI is InChI=1S/C40H56N4O/c1-29-13-6-4-2-3-5-7-14-30-25-31-27-44-23-11-9-17-36-33(32(19-22-41)34-16-12-18-37(45)38(34)42-36)15-8-10-21-40(39(30)44)28-43(26-29)24-20-35(31)40/h3,5,8,12,15-16,18,25,29,31,35,39,45H,2,4,6-7,9-11,13-14,17,19-24,26-28,41H2,1H3/t29-,31+,35+,39+,40+/m0/s1. The lowest BCUT2D eigenvalue weighted by atomic mass is 9.52. The lowest BCUT2D eigenvalue weighted by molar-refractivity contribution is -0.111. The number of nitrogens with zero attached hydrogens (tertiary/aromatic N) is 3. The van der Waals surface area contributed by atoms with E-state index in [-0.39, 0.29) is 5.75 Å². The molecule has 45 heavy (non-hydrogen) atoms. The van der Waals surface area contributed by atoms with Gasteiger partial charge in [0.15, 0.2) is 0 Å². The van der Waals surface area contributed by atoms with Gasteiger partial charge in [0.2, 0.25) is 0 Å². The summed E-state index contributed by atoms with van der Waals surface area (Å²) in [5.41, 5.74) is 12.6. The van der Waals surface area contributed by atoms with Crippen LogP contribution in [0.25, 0.3) is 17.0 Å². The van der Waals surface area contributed by atoms with Crippen molar-refractivity contribution in [3.05, 3.63) is 64.9 Å². The van der Waals surface area contributed by atoms with E-state index in [0.717, 1.165) is 54.1 Å². The molecule has 6 bridgehead atoms. The molecular formula is C40H56N4O. The van der Waals surface area contributed by atoms with E-state index in [1.165, 1.54) is 102 Å². The fourth-order valence-electron chi connectivity index (χ4n) is 10.3. The summed E-state index contributed by atoms with van der Waals surface area (Å²) in [6.07, 6.45) is 28.1. The Morgan fingerprint density at radius 3 is 2.80 bits per heavy atom. The number of para-hydroxylation sites is 1. The molecule has 1 spiro atoms. The molecule has 0 amide bonds. The minimum Gasteiger partial charge on any atom is -0.506 e. The van der Waals surface area contributed by atoms with Crippen molar-refractivity contribution in [1.29, 1.82) is 0 Å². The molecule has 5 aliphatic heterocycles. The zero-order chi connectivity index (χ0) is 30.8. The molecule has 1 aliphatic carbocycles. The summed E-state index contributed by atoms with van der Waals surface area (Å²) in [5, 5.41) is 11.8. The van der Waals surface area contributed by atoms with Crippen molar-refractivity contribution < 1.29 is 5.11 Å². The Morgan fingerprint density at radius 2 is 1.89 bits per heavy atom. The number of hydrogen-bond acceptors (Lipinski definition) is 5. The van der Waals surface area contributed by atoms with Gasteiger partial charge in [-0.05, 0) is 132 Å². The van der Waals surface area contributed by atoms with Gasteiger partial charge in [0.05, 0.1) is 0 Å². The maximum absolute atomic E-state index is 10.8. The van der Waals surface area contributed by atoms with Gasteiger partial charge in [-0.15, -0.1) is 0 Å². The maximum atomic E-state index is 10.8. The molecule has 2 fully saturated rings. The average molecular weight is 609 g/mol. The molecule has 2 unspecified atom stereocenters. The predicted molar refractivity (Wildman–Crippen MR) is 187 cm³/mol. The SMILES string of the molecule is C[C@H]1CCCCC=CCCC2=C[C@@H]3CN4CCCCc5nc6c(O)cccc6c(CCN)c5C=CCC[C@]5(CN(CC[C@H]35)C1)[C@@H]24. The molecule has 5 heteroatoms. The number of piperidine rings is 2. The molecule has 3 N–H and O–H groups in total. The van der Waals surface area contributed by atoms with Crippen molar-refractivity contribution in [3.63, 3.8) is 0 Å². The number of allylic oxidation sites excluding steroid dienone is 3. The first-order valence-electron chi connectivity index (χ1n) is 18.4. The van der Waals surface area contributed by atoms with Gasteiger partial charge >= 0.3 is 0 Å². The fourth-order valence-corrected chi connectivity index (χ4v) is 10.3. The van der Waals surface area contributed by atoms with Crippen molar-refractivity contribution >= 4 is 17.0 Å². The van der Waals surface area contributed by atoms with Gasteiger partial charge in [0, 0.05) is 42.2 Å². The molecule has 6 heterocycles. The first kappa shape index (κ1) is 31.1. The van der Waals surface area contributed by atoms with Gasteiger partial charge in [-0.3, -0.25) is 4.90 Å². The number of aryl methyl sites for hydroxylation is 1. The zero-order valence-corrected chi connectivity index (χ0v) is 27.7. The number of pyridine rings is 1. The van der Waals surface area contributed by atoms with Crippen LogP contribution in [0.3, 0.4) is 0 Å². The zero-order valence-electron chi connectivity index (χ0n) is 27.7. The van der Waals surface area contributed by atoms with Crippen LogP contribution in [0.15, 0.2) is 48.1 Å². The number of nitrogens with two attached hydrogens (primary N) is 1. The van der Waals surface area contributed by atoms with Crippen LogP contribution in [-0.4, -0.2) is 65.2 Å². The maximum Gasteiger partial charge on any atom is 0.141 e. The van der Waals surface area contributed by atoms with Crippen LogP contribution in [0.4, 0.5) is 0 Å². The van der Waals surface area contributed by atoms with Crippen LogP contribution in [0.1, 0.15) is 94.4 Å². The molecule has 5 nitrogen and oxygen atoms in total. The molecule has 1 aromatic carbocycles. The Morgan fingerprint density at radius 1 is 0.978 bits per heavy atom. The van der Waals surface area contributed by atoms with Gasteiger partial charge in [0.25, 0.3) is 0 Å². The predicted octanol–water partition coefficient (Wildman–Crippen LogP) is 7.67. The summed E-state index contributed by atoms with van der Waals surface area (Å²) >= 11 is 0. The van der Waals surface area contributed by atoms with Crippen molar-refractivity contribution in [2.45, 2.75) is 96.4 Å². The van der Waals surface area contributed by atoms with E-state index in [9.17, 15) is 5.11 Å². The smallest absolute Gasteiger partial charge is 0.141 e. The second-order valence-electron chi connectivity index (χ2n) is 15.1. The molecule has 7 atom stereocenters. The number of aromatic hydroxyl groups is 1. The molecule has 6 aliphatic rings. The van der Waals surface area contributed by atoms with E-state index in [0.29, 0.717) is 23.9 Å². The third-order valence-electron chi connectivity index (χ3n) is 12.1. The lowest BCUT2D eigenvalue weighted by Crippen LogP contribution is -2.68. The monoisotopic (exact) mass is 608 g/mol. The highest BCUT2D eigenvalue weighted by molar-refractivity contribution is 5.90. The van der Waals surface area contributed by atoms with Crippen LogP contribution in [0.2, 0.25) is 0 Å². The molecule has 0 radical (unpaired) electrons. The third kappa shape index (κ3) is 6.17. The minimum atomic E-state index is 0.276. The summed E-state index contributed by atoms with van der Waals surface area (Å²) < 4.78 is 0. The lowest BCUT2D eigenvalue weighted by Gasteiger charge is -2.64. The van der Waals surface area contributed by atoms with E-state index in [1.54, 1.807) is 11.6 Å². The molecule has 242 valence electrons. The highest BCUT2D eigenvalue weighted by atomic mass is 16.3. The van der Waals surface area contributed by atoms with E-state index >= 15 is 0 Å². The second-order valence-corrected chi connectivity index (χ2v) is 15.1. The summed E-state index contributed by atoms with van der Waals surface area (Å²) in [6, 6.07) is 6.40. The molecule has 2 saturated heterocycles. The molecule has 2 aromatic rings. The van der Waals surface area contributed by atoms with Crippen LogP contribution in [-0.2, 0) is 12.8 Å². The second kappa shape index (κ2) is 13.7. The highest BCUT2D eigenvalue weighted by Gasteiger charge is 2.58. The molecule has 1 aromatic heterocycles. The Balaban J connectivity index is 1.27. The van der Waals surface area contributed by atoms with Crippen LogP contribution < -0.4 is 5.73 Å². The van der Waals surface area contributed by atoms with Crippen molar-refractivity contribution in [2.24, 2.45) is 28.9 Å². The minimum absolute atomic E-state index is 0.276. The number of benzene rings is 1. The molecule has 8 rings (SSSR count). The summed E-state index contributed by atoms with van der Waals surface area (Å²) in [6.45, 7) is 9.33. The Bertz CT molecular complexity index is 1440. The number of aromatic nitrogens is 1. The van der Waals surface area contributed by atoms with Gasteiger partial charge in [-0.2, -0.15) is 0 Å². The van der Waals surface area contributed by atoms with Crippen molar-refractivity contribution in [1.82, 2.24) is 14.8 Å². The number of rotatable bonds is 2. The normalized spacial score (nSPS) is 34.1. The van der Waals surface area contributed by atoms with Crippen LogP contribution >= 0.6 is 0 Å².